The summed E-state index contributed by atoms with van der Waals surface area (Å²) in [4.78, 5) is 17.2. The molecule has 0 atom stereocenters. The molecule has 0 aliphatic carbocycles. The van der Waals surface area contributed by atoms with Crippen LogP contribution in [-0.4, -0.2) is 26.9 Å². The quantitative estimate of drug-likeness (QED) is 0.450. The Hall–Kier alpha value is -3.64. The molecule has 0 spiro atoms. The van der Waals surface area contributed by atoms with E-state index in [-0.39, 0.29) is 12.1 Å². The summed E-state index contributed by atoms with van der Waals surface area (Å²) in [5.41, 5.74) is 1.12. The van der Waals surface area contributed by atoms with Gasteiger partial charge in [0.25, 0.3) is 10.8 Å². The van der Waals surface area contributed by atoms with Crippen LogP contribution in [0.2, 0.25) is 0 Å². The van der Waals surface area contributed by atoms with E-state index in [9.17, 15) is 4.79 Å². The number of benzene rings is 2. The lowest BCUT2D eigenvalue weighted by atomic mass is 10.2. The molecule has 4 rings (SSSR count). The fourth-order valence-electron chi connectivity index (χ4n) is 2.80. The van der Waals surface area contributed by atoms with E-state index in [2.05, 4.69) is 15.2 Å². The molecule has 0 saturated heterocycles. The molecule has 4 aromatic rings. The molecule has 0 aliphatic rings. The number of hydrogen-bond acceptors (Lipinski definition) is 8. The number of para-hydroxylation sites is 1. The minimum absolute atomic E-state index is 0.0759. The van der Waals surface area contributed by atoms with Gasteiger partial charge >= 0.3 is 0 Å². The highest BCUT2D eigenvalue weighted by Crippen LogP contribution is 2.26. The third kappa shape index (κ3) is 3.83. The molecule has 2 heterocycles. The Labute approximate surface area is 169 Å². The zero-order valence-electron chi connectivity index (χ0n) is 15.4. The van der Waals surface area contributed by atoms with Crippen LogP contribution in [0.15, 0.2) is 63.0 Å². The monoisotopic (exact) mass is 405 g/mol. The number of fused-ring (bicyclic) bond motifs is 1. The summed E-state index contributed by atoms with van der Waals surface area (Å²) in [7, 11) is 1.60. The molecule has 29 heavy (non-hydrogen) atoms. The smallest absolute Gasteiger partial charge is 0.277 e. The van der Waals surface area contributed by atoms with E-state index in [1.807, 2.05) is 36.4 Å². The number of aromatic nitrogens is 4. The van der Waals surface area contributed by atoms with Crippen molar-refractivity contribution in [2.75, 3.05) is 7.11 Å². The minimum atomic E-state index is -0.239. The van der Waals surface area contributed by atoms with Gasteiger partial charge in [0.05, 0.1) is 29.8 Å². The van der Waals surface area contributed by atoms with Crippen molar-refractivity contribution in [1.29, 1.82) is 5.26 Å². The highest BCUT2D eigenvalue weighted by atomic mass is 32.2. The number of rotatable bonds is 6. The largest absolute Gasteiger partial charge is 0.497 e. The lowest BCUT2D eigenvalue weighted by Crippen LogP contribution is -2.24. The van der Waals surface area contributed by atoms with Gasteiger partial charge in [-0.15, -0.1) is 10.2 Å². The molecule has 0 bridgehead atoms. The van der Waals surface area contributed by atoms with Gasteiger partial charge in [0.2, 0.25) is 5.89 Å². The van der Waals surface area contributed by atoms with E-state index in [0.29, 0.717) is 33.6 Å². The van der Waals surface area contributed by atoms with Crippen LogP contribution in [0.25, 0.3) is 22.4 Å². The summed E-state index contributed by atoms with van der Waals surface area (Å²) in [5.74, 6) is 1.91. The first-order valence-corrected chi connectivity index (χ1v) is 9.64. The first kappa shape index (κ1) is 18.7. The SMILES string of the molecule is COc1ccc(-c2nnc(SCc3nc4ccccc4c(=O)n3CC#N)o2)cc1. The van der Waals surface area contributed by atoms with Gasteiger partial charge in [0.1, 0.15) is 18.1 Å². The average molecular weight is 405 g/mol. The molecule has 9 heteroatoms. The van der Waals surface area contributed by atoms with Gasteiger partial charge in [-0.1, -0.05) is 23.9 Å². The van der Waals surface area contributed by atoms with E-state index < -0.39 is 0 Å². The molecule has 0 fully saturated rings. The van der Waals surface area contributed by atoms with Gasteiger partial charge < -0.3 is 9.15 Å². The summed E-state index contributed by atoms with van der Waals surface area (Å²) >= 11 is 1.26. The Balaban J connectivity index is 1.58. The predicted octanol–water partition coefficient (Wildman–Crippen LogP) is 3.27. The van der Waals surface area contributed by atoms with Crippen molar-refractivity contribution in [2.45, 2.75) is 17.5 Å². The van der Waals surface area contributed by atoms with E-state index in [4.69, 9.17) is 14.4 Å². The summed E-state index contributed by atoms with van der Waals surface area (Å²) in [6.07, 6.45) is 0. The molecule has 144 valence electrons. The number of hydrogen-bond donors (Lipinski definition) is 0. The summed E-state index contributed by atoms with van der Waals surface area (Å²) < 4.78 is 12.2. The maximum absolute atomic E-state index is 12.7. The average Bonchev–Trinajstić information content (AvgIpc) is 3.24. The summed E-state index contributed by atoms with van der Waals surface area (Å²) in [6, 6.07) is 16.4. The molecule has 0 radical (unpaired) electrons. The maximum atomic E-state index is 12.7. The number of thioether (sulfide) groups is 1. The number of methoxy groups -OCH3 is 1. The normalized spacial score (nSPS) is 10.8. The van der Waals surface area contributed by atoms with Gasteiger partial charge in [0, 0.05) is 5.56 Å². The van der Waals surface area contributed by atoms with E-state index in [1.54, 1.807) is 25.3 Å². The number of ether oxygens (including phenoxy) is 1. The molecule has 0 unspecified atom stereocenters. The maximum Gasteiger partial charge on any atom is 0.277 e. The molecular formula is C20H15N5O3S. The second-order valence-corrected chi connectivity index (χ2v) is 6.91. The van der Waals surface area contributed by atoms with Crippen molar-refractivity contribution in [1.82, 2.24) is 19.7 Å². The van der Waals surface area contributed by atoms with Gasteiger partial charge in [-0.25, -0.2) is 4.98 Å². The van der Waals surface area contributed by atoms with E-state index >= 15 is 0 Å². The highest BCUT2D eigenvalue weighted by molar-refractivity contribution is 7.98. The first-order chi connectivity index (χ1) is 14.2. The van der Waals surface area contributed by atoms with E-state index in [0.717, 1.165) is 11.3 Å². The van der Waals surface area contributed by atoms with Crippen LogP contribution < -0.4 is 10.3 Å². The van der Waals surface area contributed by atoms with Crippen molar-refractivity contribution >= 4 is 22.7 Å². The van der Waals surface area contributed by atoms with Crippen LogP contribution in [0, 0.1) is 11.3 Å². The van der Waals surface area contributed by atoms with Gasteiger partial charge in [-0.05, 0) is 36.4 Å². The standard InChI is InChI=1S/C20H15N5O3S/c1-27-14-8-6-13(7-9-14)18-23-24-20(28-18)29-12-17-22-16-5-3-2-4-15(16)19(26)25(17)11-10-21/h2-9H,11-12H2,1H3. The molecule has 8 nitrogen and oxygen atoms in total. The lowest BCUT2D eigenvalue weighted by molar-refractivity contribution is 0.414. The van der Waals surface area contributed by atoms with Crippen LogP contribution >= 0.6 is 11.8 Å². The van der Waals surface area contributed by atoms with Crippen LogP contribution in [0.4, 0.5) is 0 Å². The number of nitriles is 1. The Morgan fingerprint density at radius 2 is 1.97 bits per heavy atom. The van der Waals surface area contributed by atoms with Crippen molar-refractivity contribution in [3.63, 3.8) is 0 Å². The zero-order valence-corrected chi connectivity index (χ0v) is 16.2. The van der Waals surface area contributed by atoms with Crippen LogP contribution in [-0.2, 0) is 12.3 Å². The van der Waals surface area contributed by atoms with Crippen molar-refractivity contribution in [2.24, 2.45) is 0 Å². The van der Waals surface area contributed by atoms with Crippen molar-refractivity contribution in [3.05, 3.63) is 64.7 Å². The third-order valence-corrected chi connectivity index (χ3v) is 5.05. The van der Waals surface area contributed by atoms with Crippen LogP contribution in [0.5, 0.6) is 5.75 Å². The van der Waals surface area contributed by atoms with Crippen molar-refractivity contribution < 1.29 is 9.15 Å². The van der Waals surface area contributed by atoms with Crippen molar-refractivity contribution in [3.8, 4) is 23.3 Å². The second-order valence-electron chi connectivity index (χ2n) is 5.98. The third-order valence-electron chi connectivity index (χ3n) is 4.24. The fraction of sp³-hybridized carbons (Fsp3) is 0.150. The van der Waals surface area contributed by atoms with Gasteiger partial charge in [-0.3, -0.25) is 9.36 Å². The molecule has 0 aliphatic heterocycles. The number of nitrogens with zero attached hydrogens (tertiary/aromatic N) is 5. The lowest BCUT2D eigenvalue weighted by Gasteiger charge is -2.09. The summed E-state index contributed by atoms with van der Waals surface area (Å²) in [6.45, 7) is -0.0759. The second kappa shape index (κ2) is 8.16. The van der Waals surface area contributed by atoms with Gasteiger partial charge in [-0.2, -0.15) is 5.26 Å². The van der Waals surface area contributed by atoms with Crippen LogP contribution in [0.1, 0.15) is 5.82 Å². The Morgan fingerprint density at radius 1 is 1.17 bits per heavy atom. The molecule has 2 aromatic heterocycles. The zero-order chi connectivity index (χ0) is 20.2. The molecule has 2 aromatic carbocycles. The molecule has 0 N–H and O–H groups in total. The fourth-order valence-corrected chi connectivity index (χ4v) is 3.51. The summed E-state index contributed by atoms with van der Waals surface area (Å²) in [5, 5.41) is 18.0. The Morgan fingerprint density at radius 3 is 2.72 bits per heavy atom. The Bertz CT molecular complexity index is 1260. The molecule has 0 amide bonds. The molecular weight excluding hydrogens is 390 g/mol. The van der Waals surface area contributed by atoms with Crippen LogP contribution in [0.3, 0.4) is 0 Å². The Kier molecular flexibility index (Phi) is 5.27. The van der Waals surface area contributed by atoms with E-state index in [1.165, 1.54) is 16.3 Å². The highest BCUT2D eigenvalue weighted by Gasteiger charge is 2.14. The predicted molar refractivity (Wildman–Crippen MR) is 107 cm³/mol. The van der Waals surface area contributed by atoms with Gasteiger partial charge in [0.15, 0.2) is 0 Å². The topological polar surface area (TPSA) is 107 Å². The first-order valence-electron chi connectivity index (χ1n) is 8.65. The minimum Gasteiger partial charge on any atom is -0.497 e. The molecule has 0 saturated carbocycles.